The van der Waals surface area contributed by atoms with Gasteiger partial charge in [-0.05, 0) is 42.0 Å². The van der Waals surface area contributed by atoms with Gasteiger partial charge in [-0.2, -0.15) is 5.10 Å². The third-order valence-corrected chi connectivity index (χ3v) is 5.31. The molecule has 4 N–H and O–H groups in total. The van der Waals surface area contributed by atoms with Crippen molar-refractivity contribution in [1.82, 2.24) is 15.1 Å². The molecule has 0 spiro atoms. The molecule has 2 heterocycles. The van der Waals surface area contributed by atoms with E-state index in [-0.39, 0.29) is 12.5 Å². The Bertz CT molecular complexity index is 958. The molecule has 0 saturated carbocycles. The molecule has 2 aromatic rings. The molecule has 154 valence electrons. The van der Waals surface area contributed by atoms with Crippen LogP contribution in [0.3, 0.4) is 0 Å². The maximum atomic E-state index is 11.4. The number of carbonyl (C=O) groups excluding carboxylic acids is 1. The Morgan fingerprint density at radius 3 is 2.76 bits per heavy atom. The Morgan fingerprint density at radius 2 is 2.14 bits per heavy atom. The van der Waals surface area contributed by atoms with Gasteiger partial charge >= 0.3 is 0 Å². The summed E-state index contributed by atoms with van der Waals surface area (Å²) in [6, 6.07) is 6.35. The van der Waals surface area contributed by atoms with Crippen LogP contribution in [0.1, 0.15) is 32.8 Å². The van der Waals surface area contributed by atoms with Crippen molar-refractivity contribution in [2.75, 3.05) is 18.0 Å². The van der Waals surface area contributed by atoms with Crippen molar-refractivity contribution in [2.45, 2.75) is 33.6 Å². The molecule has 7 nitrogen and oxygen atoms in total. The number of benzene rings is 1. The zero-order valence-corrected chi connectivity index (χ0v) is 17.6. The van der Waals surface area contributed by atoms with Crippen LogP contribution in [0.25, 0.3) is 11.1 Å². The average molecular weight is 395 g/mol. The smallest absolute Gasteiger partial charge is 0.217 e. The lowest BCUT2D eigenvalue weighted by Crippen LogP contribution is -2.42. The van der Waals surface area contributed by atoms with Crippen molar-refractivity contribution in [1.29, 1.82) is 5.41 Å². The summed E-state index contributed by atoms with van der Waals surface area (Å²) in [7, 11) is 1.91. The third-order valence-electron chi connectivity index (χ3n) is 5.31. The highest BCUT2D eigenvalue weighted by Crippen LogP contribution is 2.34. The quantitative estimate of drug-likeness (QED) is 0.536. The number of nitrogens with zero attached hydrogens (tertiary/aromatic N) is 3. The molecule has 1 atom stereocenters. The van der Waals surface area contributed by atoms with Crippen LogP contribution in [0.15, 0.2) is 41.9 Å². The zero-order chi connectivity index (χ0) is 21.1. The summed E-state index contributed by atoms with van der Waals surface area (Å²) in [5.74, 6) is 0.629. The number of nitrogens with two attached hydrogens (primary N) is 1. The summed E-state index contributed by atoms with van der Waals surface area (Å²) in [6.45, 7) is 6.64. The number of fused-ring (bicyclic) bond motifs is 1. The van der Waals surface area contributed by atoms with Crippen LogP contribution in [0, 0.1) is 11.3 Å². The molecule has 0 bridgehead atoms. The monoisotopic (exact) mass is 394 g/mol. The Balaban J connectivity index is 1.96. The van der Waals surface area contributed by atoms with Crippen molar-refractivity contribution in [3.05, 3.63) is 47.4 Å². The number of rotatable bonds is 5. The van der Waals surface area contributed by atoms with E-state index in [0.29, 0.717) is 29.4 Å². The lowest BCUT2D eigenvalue weighted by molar-refractivity contribution is -0.118. The normalized spacial score (nSPS) is 16.8. The minimum atomic E-state index is -0.132. The lowest BCUT2D eigenvalue weighted by atomic mass is 9.91. The van der Waals surface area contributed by atoms with Gasteiger partial charge in [-0.15, -0.1) is 0 Å². The molecular weight excluding hydrogens is 364 g/mol. The van der Waals surface area contributed by atoms with Crippen LogP contribution in [-0.4, -0.2) is 34.6 Å². The first-order valence-electron chi connectivity index (χ1n) is 10.0. The first-order valence-corrected chi connectivity index (χ1v) is 10.0. The first-order chi connectivity index (χ1) is 13.8. The van der Waals surface area contributed by atoms with E-state index < -0.39 is 0 Å². The predicted octanol–water partition coefficient (Wildman–Crippen LogP) is 2.82. The second kappa shape index (κ2) is 8.51. The van der Waals surface area contributed by atoms with Gasteiger partial charge in [-0.25, -0.2) is 0 Å². The van der Waals surface area contributed by atoms with Crippen LogP contribution in [0.4, 0.5) is 5.69 Å². The fourth-order valence-electron chi connectivity index (χ4n) is 3.76. The van der Waals surface area contributed by atoms with Gasteiger partial charge < -0.3 is 16.0 Å². The predicted molar refractivity (Wildman–Crippen MR) is 117 cm³/mol. The summed E-state index contributed by atoms with van der Waals surface area (Å²) in [5.41, 5.74) is 12.0. The van der Waals surface area contributed by atoms with Crippen molar-refractivity contribution in [3.8, 4) is 11.1 Å². The third kappa shape index (κ3) is 4.50. The number of carbonyl (C=O) groups is 1. The molecule has 0 saturated heterocycles. The average Bonchev–Trinajstić information content (AvgIpc) is 3.12. The molecule has 0 radical (unpaired) electrons. The number of amidine groups is 1. The number of aromatic nitrogens is 2. The molecule has 1 aliphatic heterocycles. The lowest BCUT2D eigenvalue weighted by Gasteiger charge is -2.36. The molecule has 1 aliphatic rings. The van der Waals surface area contributed by atoms with Crippen LogP contribution in [0.2, 0.25) is 0 Å². The standard InChI is InChI=1S/C22H30N6O/c1-5-20(23)19(11-25-15(3)29)22(24)28-12-14(2)8-17-9-16(6-7-21(17)28)18-10-26-27(4)13-18/h6-7,9-10,13-14,24H,5,8,11-12,23H2,1-4H3,(H,25,29)/b20-19-,24-22?. The van der Waals surface area contributed by atoms with E-state index in [2.05, 4.69) is 35.5 Å². The number of nitrogens with one attached hydrogen (secondary N) is 2. The van der Waals surface area contributed by atoms with Gasteiger partial charge in [-0.1, -0.05) is 19.9 Å². The highest BCUT2D eigenvalue weighted by atomic mass is 16.1. The molecule has 1 amide bonds. The van der Waals surface area contributed by atoms with Gasteiger partial charge in [0.2, 0.25) is 5.91 Å². The number of hydrogen-bond acceptors (Lipinski definition) is 4. The van der Waals surface area contributed by atoms with E-state index in [4.69, 9.17) is 11.1 Å². The topological polar surface area (TPSA) is 100 Å². The van der Waals surface area contributed by atoms with Gasteiger partial charge in [0.15, 0.2) is 0 Å². The number of hydrogen-bond donors (Lipinski definition) is 3. The summed E-state index contributed by atoms with van der Waals surface area (Å²) in [6.07, 6.45) is 5.46. The highest BCUT2D eigenvalue weighted by molar-refractivity contribution is 6.09. The van der Waals surface area contributed by atoms with Crippen LogP contribution >= 0.6 is 0 Å². The van der Waals surface area contributed by atoms with Crippen molar-refractivity contribution >= 4 is 17.4 Å². The molecule has 0 fully saturated rings. The van der Waals surface area contributed by atoms with E-state index in [1.54, 1.807) is 4.68 Å². The van der Waals surface area contributed by atoms with Gasteiger partial charge in [0.25, 0.3) is 0 Å². The Labute approximate surface area is 172 Å². The van der Waals surface area contributed by atoms with Crippen LogP contribution in [-0.2, 0) is 18.3 Å². The van der Waals surface area contributed by atoms with Crippen LogP contribution in [0.5, 0.6) is 0 Å². The Hall–Kier alpha value is -3.09. The maximum absolute atomic E-state index is 11.4. The molecule has 3 rings (SSSR count). The van der Waals surface area contributed by atoms with Crippen molar-refractivity contribution in [2.24, 2.45) is 18.7 Å². The molecule has 1 aromatic heterocycles. The molecule has 29 heavy (non-hydrogen) atoms. The summed E-state index contributed by atoms with van der Waals surface area (Å²) >= 11 is 0. The van der Waals surface area contributed by atoms with E-state index in [9.17, 15) is 4.79 Å². The van der Waals surface area contributed by atoms with Gasteiger partial charge in [0.05, 0.1) is 6.20 Å². The summed E-state index contributed by atoms with van der Waals surface area (Å²) in [4.78, 5) is 13.4. The molecule has 0 aliphatic carbocycles. The van der Waals surface area contributed by atoms with Crippen molar-refractivity contribution < 1.29 is 4.79 Å². The molecule has 1 aromatic carbocycles. The van der Waals surface area contributed by atoms with Gasteiger partial charge in [-0.3, -0.25) is 14.9 Å². The van der Waals surface area contributed by atoms with E-state index in [1.807, 2.05) is 31.3 Å². The maximum Gasteiger partial charge on any atom is 0.217 e. The van der Waals surface area contributed by atoms with E-state index >= 15 is 0 Å². The minimum absolute atomic E-state index is 0.132. The van der Waals surface area contributed by atoms with E-state index in [0.717, 1.165) is 29.8 Å². The summed E-state index contributed by atoms with van der Waals surface area (Å²) in [5, 5.41) is 15.9. The SMILES string of the molecule is CC/C(N)=C(\CNC(C)=O)C(=N)N1CC(C)Cc2cc(-c3cnn(C)c3)ccc21. The summed E-state index contributed by atoms with van der Waals surface area (Å²) < 4.78 is 1.80. The molecular formula is C22H30N6O. The second-order valence-electron chi connectivity index (χ2n) is 7.78. The highest BCUT2D eigenvalue weighted by Gasteiger charge is 2.27. The first kappa shape index (κ1) is 20.6. The minimum Gasteiger partial charge on any atom is -0.402 e. The number of aryl methyl sites for hydroxylation is 1. The second-order valence-corrected chi connectivity index (χ2v) is 7.78. The van der Waals surface area contributed by atoms with Gasteiger partial charge in [0.1, 0.15) is 5.84 Å². The molecule has 7 heteroatoms. The molecule has 1 unspecified atom stereocenters. The van der Waals surface area contributed by atoms with Gasteiger partial charge in [0, 0.05) is 55.8 Å². The van der Waals surface area contributed by atoms with E-state index in [1.165, 1.54) is 12.5 Å². The Kier molecular flexibility index (Phi) is 6.06. The Morgan fingerprint density at radius 1 is 1.38 bits per heavy atom. The largest absolute Gasteiger partial charge is 0.402 e. The number of allylic oxidation sites excluding steroid dienone is 1. The van der Waals surface area contributed by atoms with Crippen molar-refractivity contribution in [3.63, 3.8) is 0 Å². The fraction of sp³-hybridized carbons (Fsp3) is 0.409. The van der Waals surface area contributed by atoms with Crippen LogP contribution < -0.4 is 16.0 Å². The number of amides is 1. The number of anilines is 1. The fourth-order valence-corrected chi connectivity index (χ4v) is 3.76. The zero-order valence-electron chi connectivity index (χ0n) is 17.6.